The van der Waals surface area contributed by atoms with Gasteiger partial charge in [0.2, 0.25) is 0 Å². The minimum Gasteiger partial charge on any atom is -0.316 e. The number of amides is 1. The average molecular weight is 257 g/mol. The van der Waals surface area contributed by atoms with E-state index in [0.717, 1.165) is 0 Å². The maximum absolute atomic E-state index is 11.5. The van der Waals surface area contributed by atoms with Crippen LogP contribution in [0.15, 0.2) is 29.2 Å². The first-order chi connectivity index (χ1) is 7.92. The standard InChI is InChI=1S/C10H15N3O3S/c1-2-17(15,16)8-5-3-7(4-6-8)9(11)10(14)13-12/h3-6,9H,2,11-12H2,1H3,(H,13,14). The van der Waals surface area contributed by atoms with Gasteiger partial charge in [0.25, 0.3) is 5.91 Å². The minimum absolute atomic E-state index is 0.0295. The normalized spacial score (nSPS) is 13.1. The van der Waals surface area contributed by atoms with Crippen molar-refractivity contribution in [3.8, 4) is 0 Å². The van der Waals surface area contributed by atoms with Crippen molar-refractivity contribution >= 4 is 15.7 Å². The number of nitrogens with one attached hydrogen (secondary N) is 1. The van der Waals surface area contributed by atoms with E-state index in [2.05, 4.69) is 0 Å². The second-order valence-corrected chi connectivity index (χ2v) is 5.74. The molecular weight excluding hydrogens is 242 g/mol. The average Bonchev–Trinajstić information content (AvgIpc) is 2.37. The van der Waals surface area contributed by atoms with E-state index in [1.165, 1.54) is 24.3 Å². The smallest absolute Gasteiger partial charge is 0.255 e. The van der Waals surface area contributed by atoms with Gasteiger partial charge in [-0.3, -0.25) is 10.2 Å². The lowest BCUT2D eigenvalue weighted by Crippen LogP contribution is -2.38. The molecule has 0 saturated carbocycles. The number of nitrogens with two attached hydrogens (primary N) is 2. The van der Waals surface area contributed by atoms with Crippen molar-refractivity contribution in [2.45, 2.75) is 17.9 Å². The molecule has 0 heterocycles. The lowest BCUT2D eigenvalue weighted by molar-refractivity contribution is -0.122. The van der Waals surface area contributed by atoms with E-state index in [1.54, 1.807) is 6.92 Å². The van der Waals surface area contributed by atoms with Gasteiger partial charge in [-0.2, -0.15) is 0 Å². The topological polar surface area (TPSA) is 115 Å². The Morgan fingerprint density at radius 2 is 1.88 bits per heavy atom. The van der Waals surface area contributed by atoms with Crippen molar-refractivity contribution in [3.05, 3.63) is 29.8 Å². The maximum atomic E-state index is 11.5. The lowest BCUT2D eigenvalue weighted by atomic mass is 10.1. The Morgan fingerprint density at radius 1 is 1.35 bits per heavy atom. The molecule has 17 heavy (non-hydrogen) atoms. The van der Waals surface area contributed by atoms with Gasteiger partial charge in [0.15, 0.2) is 9.84 Å². The highest BCUT2D eigenvalue weighted by molar-refractivity contribution is 7.91. The fourth-order valence-electron chi connectivity index (χ4n) is 1.29. The number of carbonyl (C=O) groups excluding carboxylic acids is 1. The van der Waals surface area contributed by atoms with Crippen LogP contribution in [0.4, 0.5) is 0 Å². The summed E-state index contributed by atoms with van der Waals surface area (Å²) in [4.78, 5) is 11.4. The Balaban J connectivity index is 3.00. The van der Waals surface area contributed by atoms with Crippen LogP contribution in [0.1, 0.15) is 18.5 Å². The van der Waals surface area contributed by atoms with Crippen LogP contribution in [0.25, 0.3) is 0 Å². The van der Waals surface area contributed by atoms with Crippen LogP contribution in [-0.2, 0) is 14.6 Å². The van der Waals surface area contributed by atoms with Crippen molar-refractivity contribution < 1.29 is 13.2 Å². The van der Waals surface area contributed by atoms with E-state index in [4.69, 9.17) is 11.6 Å². The lowest BCUT2D eigenvalue weighted by Gasteiger charge is -2.10. The summed E-state index contributed by atoms with van der Waals surface area (Å²) in [5.74, 6) is 4.45. The van der Waals surface area contributed by atoms with Crippen molar-refractivity contribution in [3.63, 3.8) is 0 Å². The van der Waals surface area contributed by atoms with Gasteiger partial charge in [0.05, 0.1) is 10.6 Å². The van der Waals surface area contributed by atoms with E-state index < -0.39 is 21.8 Å². The zero-order valence-corrected chi connectivity index (χ0v) is 10.2. The van der Waals surface area contributed by atoms with E-state index in [9.17, 15) is 13.2 Å². The maximum Gasteiger partial charge on any atom is 0.255 e. The van der Waals surface area contributed by atoms with Crippen molar-refractivity contribution in [2.24, 2.45) is 11.6 Å². The van der Waals surface area contributed by atoms with Crippen molar-refractivity contribution in [1.29, 1.82) is 0 Å². The molecule has 1 atom stereocenters. The summed E-state index contributed by atoms with van der Waals surface area (Å²) in [6.07, 6.45) is 0. The monoisotopic (exact) mass is 257 g/mol. The van der Waals surface area contributed by atoms with Crippen molar-refractivity contribution in [2.75, 3.05) is 5.75 Å². The summed E-state index contributed by atoms with van der Waals surface area (Å²) >= 11 is 0. The number of hydrazine groups is 1. The molecule has 0 aromatic heterocycles. The summed E-state index contributed by atoms with van der Waals surface area (Å²) in [5.41, 5.74) is 8.04. The molecule has 0 saturated heterocycles. The van der Waals surface area contributed by atoms with E-state index in [1.807, 2.05) is 5.43 Å². The molecule has 1 amide bonds. The number of hydrogen-bond donors (Lipinski definition) is 3. The van der Waals surface area contributed by atoms with Gasteiger partial charge in [0.1, 0.15) is 6.04 Å². The first-order valence-electron chi connectivity index (χ1n) is 5.01. The van der Waals surface area contributed by atoms with Crippen LogP contribution in [0, 0.1) is 0 Å². The molecule has 0 aliphatic heterocycles. The molecule has 5 N–H and O–H groups in total. The molecule has 7 heteroatoms. The molecule has 1 unspecified atom stereocenters. The Kier molecular flexibility index (Phi) is 4.22. The fourth-order valence-corrected chi connectivity index (χ4v) is 2.17. The Bertz CT molecular complexity index is 496. The molecule has 0 aliphatic rings. The van der Waals surface area contributed by atoms with Crippen LogP contribution in [-0.4, -0.2) is 20.1 Å². The molecule has 0 bridgehead atoms. The molecule has 0 radical (unpaired) electrons. The van der Waals surface area contributed by atoms with Gasteiger partial charge in [0, 0.05) is 0 Å². The number of sulfone groups is 1. The molecule has 1 aromatic carbocycles. The number of benzene rings is 1. The van der Waals surface area contributed by atoms with Gasteiger partial charge >= 0.3 is 0 Å². The van der Waals surface area contributed by atoms with Crippen LogP contribution >= 0.6 is 0 Å². The van der Waals surface area contributed by atoms with Gasteiger partial charge in [-0.05, 0) is 17.7 Å². The third-order valence-corrected chi connectivity index (χ3v) is 4.15. The van der Waals surface area contributed by atoms with E-state index >= 15 is 0 Å². The van der Waals surface area contributed by atoms with Crippen LogP contribution in [0.3, 0.4) is 0 Å². The summed E-state index contributed by atoms with van der Waals surface area (Å²) in [6.45, 7) is 1.57. The Hall–Kier alpha value is -1.44. The minimum atomic E-state index is -3.23. The van der Waals surface area contributed by atoms with Crippen LogP contribution < -0.4 is 17.0 Å². The van der Waals surface area contributed by atoms with E-state index in [0.29, 0.717) is 5.56 Å². The number of hydrogen-bond acceptors (Lipinski definition) is 5. The quantitative estimate of drug-likeness (QED) is 0.381. The molecule has 1 rings (SSSR count). The zero-order valence-electron chi connectivity index (χ0n) is 9.38. The number of carbonyl (C=O) groups is 1. The highest BCUT2D eigenvalue weighted by Crippen LogP contribution is 2.16. The molecule has 94 valence electrons. The Labute approximate surface area is 99.9 Å². The molecule has 0 aliphatic carbocycles. The highest BCUT2D eigenvalue weighted by atomic mass is 32.2. The highest BCUT2D eigenvalue weighted by Gasteiger charge is 2.16. The summed E-state index contributed by atoms with van der Waals surface area (Å²) in [5, 5.41) is 0. The van der Waals surface area contributed by atoms with Crippen LogP contribution in [0.2, 0.25) is 0 Å². The van der Waals surface area contributed by atoms with Gasteiger partial charge in [-0.1, -0.05) is 19.1 Å². The SMILES string of the molecule is CCS(=O)(=O)c1ccc(C(N)C(=O)NN)cc1. The molecule has 0 fully saturated rings. The summed E-state index contributed by atoms with van der Waals surface area (Å²) < 4.78 is 23.1. The first kappa shape index (κ1) is 13.6. The van der Waals surface area contributed by atoms with Crippen molar-refractivity contribution in [1.82, 2.24) is 5.43 Å². The molecule has 0 spiro atoms. The number of rotatable bonds is 4. The summed E-state index contributed by atoms with van der Waals surface area (Å²) in [7, 11) is -3.23. The predicted octanol–water partition coefficient (Wildman–Crippen LogP) is -0.530. The third kappa shape index (κ3) is 3.02. The fraction of sp³-hybridized carbons (Fsp3) is 0.300. The molecular formula is C10H15N3O3S. The van der Waals surface area contributed by atoms with Gasteiger partial charge < -0.3 is 5.73 Å². The zero-order chi connectivity index (χ0) is 13.1. The largest absolute Gasteiger partial charge is 0.316 e. The van der Waals surface area contributed by atoms with Gasteiger partial charge in [-0.15, -0.1) is 0 Å². The second-order valence-electron chi connectivity index (χ2n) is 3.46. The third-order valence-electron chi connectivity index (χ3n) is 2.40. The molecule has 6 nitrogen and oxygen atoms in total. The molecule has 1 aromatic rings. The van der Waals surface area contributed by atoms with Gasteiger partial charge in [-0.25, -0.2) is 14.3 Å². The summed E-state index contributed by atoms with van der Waals surface area (Å²) in [6, 6.07) is 4.96. The predicted molar refractivity (Wildman–Crippen MR) is 63.4 cm³/mol. The van der Waals surface area contributed by atoms with Crippen LogP contribution in [0.5, 0.6) is 0 Å². The first-order valence-corrected chi connectivity index (χ1v) is 6.66. The Morgan fingerprint density at radius 3 is 2.29 bits per heavy atom. The second kappa shape index (κ2) is 5.26. The van der Waals surface area contributed by atoms with E-state index in [-0.39, 0.29) is 10.6 Å².